The first-order valence-corrected chi connectivity index (χ1v) is 8.92. The molecule has 0 N–H and O–H groups in total. The van der Waals surface area contributed by atoms with E-state index in [2.05, 4.69) is 10.1 Å². The Balaban J connectivity index is 2.05. The summed E-state index contributed by atoms with van der Waals surface area (Å²) < 4.78 is 6.86. The van der Waals surface area contributed by atoms with Gasteiger partial charge in [0, 0.05) is 17.0 Å². The maximum atomic E-state index is 10.7. The van der Waals surface area contributed by atoms with Gasteiger partial charge in [0.2, 0.25) is 4.80 Å². The Kier molecular flexibility index (Phi) is 5.13. The van der Waals surface area contributed by atoms with Crippen molar-refractivity contribution >= 4 is 23.4 Å². The van der Waals surface area contributed by atoms with Crippen LogP contribution < -0.4 is 4.80 Å². The second-order valence-electron chi connectivity index (χ2n) is 5.98. The fourth-order valence-corrected chi connectivity index (χ4v) is 3.24. The molecule has 0 aliphatic heterocycles. The van der Waals surface area contributed by atoms with E-state index < -0.39 is 4.92 Å². The van der Waals surface area contributed by atoms with Crippen LogP contribution in [0, 0.1) is 17.0 Å². The van der Waals surface area contributed by atoms with Crippen LogP contribution in [0.25, 0.3) is 11.3 Å². The molecule has 0 unspecified atom stereocenters. The van der Waals surface area contributed by atoms with E-state index in [1.807, 2.05) is 50.4 Å². The molecule has 0 radical (unpaired) electrons. The molecule has 0 aliphatic rings. The Morgan fingerprint density at radius 3 is 2.58 bits per heavy atom. The van der Waals surface area contributed by atoms with Gasteiger partial charge in [-0.2, -0.15) is 5.10 Å². The average Bonchev–Trinajstić information content (AvgIpc) is 3.20. The summed E-state index contributed by atoms with van der Waals surface area (Å²) in [6.07, 6.45) is 1.46. The third-order valence-corrected chi connectivity index (χ3v) is 4.32. The molecule has 3 rings (SSSR count). The van der Waals surface area contributed by atoms with Gasteiger partial charge >= 0.3 is 5.88 Å². The second kappa shape index (κ2) is 7.49. The quantitative estimate of drug-likeness (QED) is 0.383. The van der Waals surface area contributed by atoms with Crippen LogP contribution in [0.15, 0.2) is 56.3 Å². The summed E-state index contributed by atoms with van der Waals surface area (Å²) in [5.41, 5.74) is 3.08. The van der Waals surface area contributed by atoms with Gasteiger partial charge in [0.15, 0.2) is 5.76 Å². The van der Waals surface area contributed by atoms with Crippen LogP contribution in [-0.2, 0) is 0 Å². The fraction of sp³-hybridized carbons (Fsp3) is 0.222. The minimum absolute atomic E-state index is 0.116. The maximum absolute atomic E-state index is 10.7. The predicted molar refractivity (Wildman–Crippen MR) is 102 cm³/mol. The standard InChI is InChI=1S/C18H18N4O3S/c1-12(2)20-18-21(19-10-15-8-9-17(25-15)22(23)24)16(11-26-18)14-6-4-13(3)5-7-14/h4-12H,1-3H3. The molecular formula is C18H18N4O3S. The minimum atomic E-state index is -0.577. The molecule has 0 saturated carbocycles. The molecule has 3 aromatic rings. The van der Waals surface area contributed by atoms with Gasteiger partial charge in [0.1, 0.15) is 4.92 Å². The highest BCUT2D eigenvalue weighted by Gasteiger charge is 2.11. The molecular weight excluding hydrogens is 352 g/mol. The number of nitro groups is 1. The van der Waals surface area contributed by atoms with Gasteiger partial charge < -0.3 is 4.42 Å². The zero-order chi connectivity index (χ0) is 18.7. The highest BCUT2D eigenvalue weighted by Crippen LogP contribution is 2.21. The highest BCUT2D eigenvalue weighted by atomic mass is 32.1. The summed E-state index contributed by atoms with van der Waals surface area (Å²) in [6, 6.07) is 11.1. The van der Waals surface area contributed by atoms with Crippen molar-refractivity contribution in [2.45, 2.75) is 26.8 Å². The maximum Gasteiger partial charge on any atom is 0.433 e. The number of benzene rings is 1. The third-order valence-electron chi connectivity index (χ3n) is 3.49. The van der Waals surface area contributed by atoms with Crippen molar-refractivity contribution in [3.63, 3.8) is 0 Å². The molecule has 2 aromatic heterocycles. The molecule has 1 aromatic carbocycles. The largest absolute Gasteiger partial charge is 0.433 e. The van der Waals surface area contributed by atoms with E-state index >= 15 is 0 Å². The lowest BCUT2D eigenvalue weighted by Crippen LogP contribution is -2.14. The molecule has 0 aliphatic carbocycles. The number of thiazole rings is 1. The van der Waals surface area contributed by atoms with Crippen molar-refractivity contribution in [3.8, 4) is 11.3 Å². The molecule has 0 amide bonds. The Morgan fingerprint density at radius 2 is 1.96 bits per heavy atom. The number of hydrogen-bond acceptors (Lipinski definition) is 6. The van der Waals surface area contributed by atoms with Gasteiger partial charge in [-0.05, 0) is 26.8 Å². The van der Waals surface area contributed by atoms with Crippen molar-refractivity contribution in [2.24, 2.45) is 10.1 Å². The first-order valence-electron chi connectivity index (χ1n) is 8.04. The lowest BCUT2D eigenvalue weighted by atomic mass is 10.1. The van der Waals surface area contributed by atoms with E-state index in [1.165, 1.54) is 35.2 Å². The van der Waals surface area contributed by atoms with Crippen molar-refractivity contribution < 1.29 is 9.34 Å². The Bertz CT molecular complexity index is 1010. The zero-order valence-corrected chi connectivity index (χ0v) is 15.4. The van der Waals surface area contributed by atoms with Crippen LogP contribution in [0.2, 0.25) is 0 Å². The number of furan rings is 1. The second-order valence-corrected chi connectivity index (χ2v) is 6.82. The van der Waals surface area contributed by atoms with Crippen molar-refractivity contribution in [2.75, 3.05) is 0 Å². The third kappa shape index (κ3) is 3.97. The van der Waals surface area contributed by atoms with E-state index in [-0.39, 0.29) is 11.9 Å². The van der Waals surface area contributed by atoms with E-state index in [4.69, 9.17) is 4.42 Å². The summed E-state index contributed by atoms with van der Waals surface area (Å²) in [4.78, 5) is 15.5. The SMILES string of the molecule is Cc1ccc(-c2csc(=NC(C)C)n2N=Cc2ccc([N+](=O)[O-])o2)cc1. The minimum Gasteiger partial charge on any atom is -0.400 e. The van der Waals surface area contributed by atoms with E-state index in [0.717, 1.165) is 16.1 Å². The fourth-order valence-electron chi connectivity index (χ4n) is 2.27. The molecule has 0 spiro atoms. The van der Waals surface area contributed by atoms with Gasteiger partial charge in [-0.1, -0.05) is 29.8 Å². The first kappa shape index (κ1) is 17.8. The molecule has 7 nitrogen and oxygen atoms in total. The lowest BCUT2D eigenvalue weighted by molar-refractivity contribution is -0.402. The van der Waals surface area contributed by atoms with Crippen LogP contribution in [0.4, 0.5) is 5.88 Å². The smallest absolute Gasteiger partial charge is 0.400 e. The molecule has 2 heterocycles. The lowest BCUT2D eigenvalue weighted by Gasteiger charge is -2.04. The average molecular weight is 370 g/mol. The van der Waals surface area contributed by atoms with Gasteiger partial charge in [-0.15, -0.1) is 11.3 Å². The van der Waals surface area contributed by atoms with Crippen LogP contribution in [-0.4, -0.2) is 21.9 Å². The van der Waals surface area contributed by atoms with Crippen LogP contribution >= 0.6 is 11.3 Å². The number of aryl methyl sites for hydroxylation is 1. The number of hydrogen-bond donors (Lipinski definition) is 0. The summed E-state index contributed by atoms with van der Waals surface area (Å²) >= 11 is 1.49. The molecule has 8 heteroatoms. The molecule has 134 valence electrons. The summed E-state index contributed by atoms with van der Waals surface area (Å²) in [5, 5.41) is 17.2. The Morgan fingerprint density at radius 1 is 1.23 bits per heavy atom. The highest BCUT2D eigenvalue weighted by molar-refractivity contribution is 7.07. The summed E-state index contributed by atoms with van der Waals surface area (Å²) in [6.45, 7) is 6.03. The van der Waals surface area contributed by atoms with Gasteiger partial charge in [0.05, 0.1) is 18.0 Å². The Hall–Kier alpha value is -3.00. The molecule has 0 fully saturated rings. The molecule has 26 heavy (non-hydrogen) atoms. The van der Waals surface area contributed by atoms with Gasteiger partial charge in [-0.3, -0.25) is 15.1 Å². The van der Waals surface area contributed by atoms with E-state index in [9.17, 15) is 10.1 Å². The Labute approximate surface area is 154 Å². The topological polar surface area (TPSA) is 85.9 Å². The first-order chi connectivity index (χ1) is 12.4. The van der Waals surface area contributed by atoms with Crippen molar-refractivity contribution in [1.29, 1.82) is 0 Å². The van der Waals surface area contributed by atoms with Crippen molar-refractivity contribution in [1.82, 2.24) is 4.68 Å². The van der Waals surface area contributed by atoms with Crippen LogP contribution in [0.3, 0.4) is 0 Å². The monoisotopic (exact) mass is 370 g/mol. The van der Waals surface area contributed by atoms with Crippen molar-refractivity contribution in [3.05, 3.63) is 68.0 Å². The predicted octanol–water partition coefficient (Wildman–Crippen LogP) is 4.22. The molecule has 0 saturated heterocycles. The van der Waals surface area contributed by atoms with Gasteiger partial charge in [0.25, 0.3) is 0 Å². The normalized spacial score (nSPS) is 12.4. The number of nitrogens with zero attached hydrogens (tertiary/aromatic N) is 4. The van der Waals surface area contributed by atoms with Crippen LogP contribution in [0.5, 0.6) is 0 Å². The van der Waals surface area contributed by atoms with Gasteiger partial charge in [-0.25, -0.2) is 4.68 Å². The summed E-state index contributed by atoms with van der Waals surface area (Å²) in [7, 11) is 0. The number of rotatable bonds is 5. The summed E-state index contributed by atoms with van der Waals surface area (Å²) in [5.74, 6) is -0.00614. The molecule has 0 atom stereocenters. The molecule has 0 bridgehead atoms. The van der Waals surface area contributed by atoms with Crippen LogP contribution in [0.1, 0.15) is 25.2 Å². The zero-order valence-electron chi connectivity index (χ0n) is 14.6. The van der Waals surface area contributed by atoms with E-state index in [0.29, 0.717) is 5.76 Å². The van der Waals surface area contributed by atoms with E-state index in [1.54, 1.807) is 4.68 Å². The number of aromatic nitrogens is 1.